The summed E-state index contributed by atoms with van der Waals surface area (Å²) in [4.78, 5) is 15.2. The van der Waals surface area contributed by atoms with E-state index in [1.807, 2.05) is 19.1 Å². The zero-order chi connectivity index (χ0) is 15.5. The summed E-state index contributed by atoms with van der Waals surface area (Å²) in [7, 11) is 0. The van der Waals surface area contributed by atoms with Gasteiger partial charge >= 0.3 is 5.97 Å². The minimum atomic E-state index is -0.272. The number of hydrogen-bond acceptors (Lipinski definition) is 2. The van der Waals surface area contributed by atoms with Crippen LogP contribution in [-0.4, -0.2) is 17.6 Å². The van der Waals surface area contributed by atoms with Gasteiger partial charge in [0.2, 0.25) is 0 Å². The predicted octanol–water partition coefficient (Wildman–Crippen LogP) is 4.30. The monoisotopic (exact) mass is 297 g/mol. The number of esters is 1. The number of rotatable bonds is 4. The Morgan fingerprint density at radius 3 is 2.82 bits per heavy atom. The predicted molar refractivity (Wildman–Crippen MR) is 87.1 cm³/mol. The molecule has 0 saturated carbocycles. The summed E-state index contributed by atoms with van der Waals surface area (Å²) in [6.45, 7) is 4.48. The maximum atomic E-state index is 11.9. The third-order valence-corrected chi connectivity index (χ3v) is 4.71. The molecule has 0 radical (unpaired) electrons. The summed E-state index contributed by atoms with van der Waals surface area (Å²) in [5.41, 5.74) is 4.51. The van der Waals surface area contributed by atoms with E-state index >= 15 is 0 Å². The number of aromatic amines is 1. The first-order valence-electron chi connectivity index (χ1n) is 8.18. The molecule has 0 aliphatic heterocycles. The summed E-state index contributed by atoms with van der Waals surface area (Å²) in [5.74, 6) is 0.688. The fourth-order valence-electron chi connectivity index (χ4n) is 3.61. The van der Waals surface area contributed by atoms with Crippen molar-refractivity contribution in [1.29, 1.82) is 0 Å². The smallest absolute Gasteiger partial charge is 0.354 e. The zero-order valence-electron chi connectivity index (χ0n) is 13.3. The van der Waals surface area contributed by atoms with Gasteiger partial charge in [-0.2, -0.15) is 0 Å². The topological polar surface area (TPSA) is 42.1 Å². The second-order valence-corrected chi connectivity index (χ2v) is 5.93. The largest absolute Gasteiger partial charge is 0.461 e. The molecule has 0 spiro atoms. The maximum Gasteiger partial charge on any atom is 0.354 e. The fraction of sp³-hybridized carbons (Fsp3) is 0.421. The molecule has 1 heterocycles. The van der Waals surface area contributed by atoms with Crippen LogP contribution in [0.25, 0.3) is 0 Å². The average molecular weight is 297 g/mol. The van der Waals surface area contributed by atoms with Crippen molar-refractivity contribution >= 4 is 5.97 Å². The molecule has 0 fully saturated rings. The van der Waals surface area contributed by atoms with Crippen LogP contribution in [0, 0.1) is 5.92 Å². The van der Waals surface area contributed by atoms with E-state index in [9.17, 15) is 4.79 Å². The lowest BCUT2D eigenvalue weighted by Crippen LogP contribution is -2.21. The van der Waals surface area contributed by atoms with Crippen LogP contribution in [0.4, 0.5) is 0 Å². The number of carbonyl (C=O) groups is 1. The highest BCUT2D eigenvalue weighted by Crippen LogP contribution is 2.41. The van der Waals surface area contributed by atoms with Crippen LogP contribution in [0.2, 0.25) is 0 Å². The molecule has 22 heavy (non-hydrogen) atoms. The van der Waals surface area contributed by atoms with Crippen LogP contribution >= 0.6 is 0 Å². The van der Waals surface area contributed by atoms with Crippen molar-refractivity contribution in [3.05, 3.63) is 58.9 Å². The van der Waals surface area contributed by atoms with Crippen LogP contribution in [0.15, 0.2) is 36.4 Å². The zero-order valence-corrected chi connectivity index (χ0v) is 13.3. The number of ether oxygens (including phenoxy) is 1. The van der Waals surface area contributed by atoms with Crippen molar-refractivity contribution in [2.24, 2.45) is 5.92 Å². The van der Waals surface area contributed by atoms with Gasteiger partial charge in [0.05, 0.1) is 6.61 Å². The van der Waals surface area contributed by atoms with Crippen LogP contribution in [0.3, 0.4) is 0 Å². The van der Waals surface area contributed by atoms with Gasteiger partial charge in [-0.25, -0.2) is 4.79 Å². The first kappa shape index (κ1) is 14.9. The van der Waals surface area contributed by atoms with Crippen molar-refractivity contribution in [2.45, 2.75) is 39.0 Å². The number of nitrogens with one attached hydrogen (secondary N) is 1. The van der Waals surface area contributed by atoms with Crippen molar-refractivity contribution in [3.63, 3.8) is 0 Å². The van der Waals surface area contributed by atoms with Crippen LogP contribution in [0.5, 0.6) is 0 Å². The molecule has 1 aromatic carbocycles. The average Bonchev–Trinajstić information content (AvgIpc) is 3.03. The number of H-pyrrole nitrogens is 1. The SMILES string of the molecule is CCOC(=O)c1ccc([C@H]2c3ccccc3CC[C@@H]2CC)[nH]1. The standard InChI is InChI=1S/C19H23NO2/c1-3-13-9-10-14-7-5-6-8-15(14)18(13)16-11-12-17(20-16)19(21)22-4-2/h5-8,11-13,18,20H,3-4,9-10H2,1-2H3/t13-,18+/m0/s1. The Morgan fingerprint density at radius 1 is 1.23 bits per heavy atom. The van der Waals surface area contributed by atoms with Gasteiger partial charge < -0.3 is 9.72 Å². The third kappa shape index (κ3) is 2.68. The van der Waals surface area contributed by atoms with E-state index in [1.165, 1.54) is 17.5 Å². The summed E-state index contributed by atoms with van der Waals surface area (Å²) in [5, 5.41) is 0. The van der Waals surface area contributed by atoms with Crippen molar-refractivity contribution in [3.8, 4) is 0 Å². The Kier molecular flexibility index (Phi) is 4.32. The van der Waals surface area contributed by atoms with Gasteiger partial charge in [0, 0.05) is 11.6 Å². The third-order valence-electron chi connectivity index (χ3n) is 4.71. The number of benzene rings is 1. The van der Waals surface area contributed by atoms with E-state index in [-0.39, 0.29) is 5.97 Å². The van der Waals surface area contributed by atoms with Gasteiger partial charge in [0.25, 0.3) is 0 Å². The first-order valence-corrected chi connectivity index (χ1v) is 8.18. The number of aromatic nitrogens is 1. The highest BCUT2D eigenvalue weighted by molar-refractivity contribution is 5.87. The quantitative estimate of drug-likeness (QED) is 0.855. The van der Waals surface area contributed by atoms with E-state index in [0.29, 0.717) is 24.1 Å². The molecule has 0 amide bonds. The minimum absolute atomic E-state index is 0.272. The number of fused-ring (bicyclic) bond motifs is 1. The second-order valence-electron chi connectivity index (χ2n) is 5.93. The van der Waals surface area contributed by atoms with Crippen molar-refractivity contribution in [2.75, 3.05) is 6.61 Å². The number of aryl methyl sites for hydroxylation is 1. The molecule has 1 aromatic heterocycles. The maximum absolute atomic E-state index is 11.9. The Morgan fingerprint density at radius 2 is 2.05 bits per heavy atom. The lowest BCUT2D eigenvalue weighted by Gasteiger charge is -2.32. The number of carbonyl (C=O) groups excluding carboxylic acids is 1. The minimum Gasteiger partial charge on any atom is -0.461 e. The van der Waals surface area contributed by atoms with E-state index in [0.717, 1.165) is 18.5 Å². The fourth-order valence-corrected chi connectivity index (χ4v) is 3.61. The molecule has 2 atom stereocenters. The summed E-state index contributed by atoms with van der Waals surface area (Å²) in [6, 6.07) is 12.6. The summed E-state index contributed by atoms with van der Waals surface area (Å²) in [6.07, 6.45) is 3.50. The van der Waals surface area contributed by atoms with Crippen LogP contribution in [0.1, 0.15) is 59.9 Å². The molecule has 0 unspecified atom stereocenters. The first-order chi connectivity index (χ1) is 10.7. The van der Waals surface area contributed by atoms with Crippen molar-refractivity contribution in [1.82, 2.24) is 4.98 Å². The van der Waals surface area contributed by atoms with E-state index in [2.05, 4.69) is 36.2 Å². The Bertz CT molecular complexity index is 659. The molecule has 116 valence electrons. The Hall–Kier alpha value is -2.03. The molecule has 3 rings (SSSR count). The molecule has 0 bridgehead atoms. The van der Waals surface area contributed by atoms with Gasteiger partial charge in [-0.05, 0) is 48.9 Å². The van der Waals surface area contributed by atoms with Gasteiger partial charge in [-0.15, -0.1) is 0 Å². The molecule has 3 heteroatoms. The van der Waals surface area contributed by atoms with E-state index < -0.39 is 0 Å². The highest BCUT2D eigenvalue weighted by atomic mass is 16.5. The highest BCUT2D eigenvalue weighted by Gasteiger charge is 2.30. The summed E-state index contributed by atoms with van der Waals surface area (Å²) < 4.78 is 5.08. The Balaban J connectivity index is 1.96. The van der Waals surface area contributed by atoms with Gasteiger partial charge in [-0.1, -0.05) is 37.6 Å². The van der Waals surface area contributed by atoms with Gasteiger partial charge in [-0.3, -0.25) is 0 Å². The molecule has 2 aromatic rings. The van der Waals surface area contributed by atoms with E-state index in [4.69, 9.17) is 4.74 Å². The Labute approximate surface area is 131 Å². The lowest BCUT2D eigenvalue weighted by molar-refractivity contribution is 0.0520. The van der Waals surface area contributed by atoms with Crippen LogP contribution in [-0.2, 0) is 11.2 Å². The summed E-state index contributed by atoms with van der Waals surface area (Å²) >= 11 is 0. The molecule has 0 saturated heterocycles. The van der Waals surface area contributed by atoms with Crippen LogP contribution < -0.4 is 0 Å². The molecular weight excluding hydrogens is 274 g/mol. The van der Waals surface area contributed by atoms with Gasteiger partial charge in [0.1, 0.15) is 5.69 Å². The van der Waals surface area contributed by atoms with E-state index in [1.54, 1.807) is 0 Å². The normalized spacial score (nSPS) is 20.5. The van der Waals surface area contributed by atoms with Crippen molar-refractivity contribution < 1.29 is 9.53 Å². The molecule has 1 N–H and O–H groups in total. The molecule has 1 aliphatic carbocycles. The lowest BCUT2D eigenvalue weighted by atomic mass is 9.72. The molecule has 3 nitrogen and oxygen atoms in total. The van der Waals surface area contributed by atoms with Gasteiger partial charge in [0.15, 0.2) is 0 Å². The number of hydrogen-bond donors (Lipinski definition) is 1. The second kappa shape index (κ2) is 6.39. The molecule has 1 aliphatic rings. The molecular formula is C19H23NO2.